The van der Waals surface area contributed by atoms with Gasteiger partial charge in [-0.15, -0.1) is 0 Å². The highest BCUT2D eigenvalue weighted by Gasteiger charge is 2.60. The highest BCUT2D eigenvalue weighted by molar-refractivity contribution is 7.99. The summed E-state index contributed by atoms with van der Waals surface area (Å²) in [7, 11) is 1.35. The molecule has 0 spiro atoms. The summed E-state index contributed by atoms with van der Waals surface area (Å²) < 4.78 is 87.8. The molecule has 37 atom stereocenters. The largest absolute Gasteiger partial charge is 0.481 e. The Balaban J connectivity index is 1.10. The average molecular weight is 1500 g/mol. The minimum atomic E-state index is -2.31. The number of aliphatic hydroxyl groups excluding tert-OH is 19. The lowest BCUT2D eigenvalue weighted by Crippen LogP contribution is -2.68. The number of hydrogen-bond acceptors (Lipinski definition) is 41. The van der Waals surface area contributed by atoms with Crippen molar-refractivity contribution < 1.29 is 197 Å². The van der Waals surface area contributed by atoms with Crippen molar-refractivity contribution in [3.05, 3.63) is 0 Å². The van der Waals surface area contributed by atoms with Gasteiger partial charge in [0, 0.05) is 42.3 Å². The van der Waals surface area contributed by atoms with Crippen molar-refractivity contribution in [3.8, 4) is 0 Å². The number of likely N-dealkylation sites (N-methyl/N-ethyl adjacent to an activating group) is 1. The van der Waals surface area contributed by atoms with Crippen LogP contribution < -0.4 is 5.32 Å². The van der Waals surface area contributed by atoms with Crippen LogP contribution in [0.5, 0.6) is 0 Å². The van der Waals surface area contributed by atoms with Crippen LogP contribution in [-0.4, -0.2) is 428 Å². The Morgan fingerprint density at radius 1 is 0.360 bits per heavy atom. The molecule has 0 saturated carbocycles. The molecule has 0 aliphatic carbocycles. The van der Waals surface area contributed by atoms with Gasteiger partial charge in [-0.2, -0.15) is 23.5 Å². The molecule has 41 nitrogen and oxygen atoms in total. The van der Waals surface area contributed by atoms with Gasteiger partial charge in [0.25, 0.3) is 0 Å². The number of ether oxygens (including phenoxy) is 15. The molecule has 21 aliphatic rings. The summed E-state index contributed by atoms with van der Waals surface area (Å²) in [4.78, 5) is 48.7. The van der Waals surface area contributed by atoms with Crippen LogP contribution in [0.1, 0.15) is 26.2 Å². The third-order valence-electron chi connectivity index (χ3n) is 18.2. The highest BCUT2D eigenvalue weighted by Crippen LogP contribution is 2.40. The molecule has 578 valence electrons. The van der Waals surface area contributed by atoms with Gasteiger partial charge in [-0.05, 0) is 14.0 Å². The first-order chi connectivity index (χ1) is 47.5. The highest BCUT2D eigenvalue weighted by atomic mass is 32.2. The van der Waals surface area contributed by atoms with E-state index in [-0.39, 0.29) is 49.1 Å². The zero-order valence-corrected chi connectivity index (χ0v) is 55.4. The molecular weight excluding hydrogens is 1400 g/mol. The van der Waals surface area contributed by atoms with E-state index in [1.54, 1.807) is 0 Å². The summed E-state index contributed by atoms with van der Waals surface area (Å²) in [6.45, 7) is -4.29. The molecule has 43 heteroatoms. The van der Waals surface area contributed by atoms with Crippen LogP contribution in [0.15, 0.2) is 0 Å². The minimum Gasteiger partial charge on any atom is -0.481 e. The Bertz CT molecular complexity index is 2560. The molecule has 21 fully saturated rings. The lowest BCUT2D eigenvalue weighted by atomic mass is 9.95. The van der Waals surface area contributed by atoms with Gasteiger partial charge < -0.3 is 184 Å². The SMILES string of the molecule is CN[C@H](CSCC1O[C@H]2O[C@@H]3C(CO)O[C@H](O[C@@H]4C(CO)O[C@H](O[C@@H]5C(CO)O[C@@H](O[C@@H]6C(CSC[C@@H](CC(=O)CCOCCC(C)=O)C(=O)O)O[C@H](O[C@@H]7C(CO)O[C@@H](O[C@@H]8C(CO)O[C@@H](O[C@H]1[C@H](O)C2O)C(O)[C@H]8O)C(O)[C@H]7O)C(O)[C@H]6O)C(O)[C@H]5O)C(O)[C@H]4O)C(O)[C@H]3O)C(=O)O. The fraction of sp³-hybridized carbons (Fsp3) is 0.930. The standard InChI is InChI=1S/C57H93NO40S2/c1-17(64)3-5-84-6-4-19(65)7-18(49(80)81)13-99-15-26-47-33(71)40(78)56(90-26)95-45-24(11-62)86-53(36(74)29(45)67)94-44-23(10-61)89-55(39(77)32(44)70)98-48-27(16-100-14-20(58-2)50(82)83)91-57(41(79)34(48)72)96-46-25(12-63)87-52(37(75)30(46)68)92-42-21(8-59)85-51(35(73)28(42)66)93-43-22(9-60)88-54(97-47)38(76)31(43)69/h18,20-48,51-63,66-79H,3-16H2,1-2H3,(H,80,81)(H,82,83)/t18-,20-,21?,22?,23?,24?,25?,26?,27?,28-,29-,30-,31-,32-,33-,34-,35?,36?,37?,38?,39?,40?,41?,42-,43-,44-,45-,46-,47-,48-,51-,52-,53+,54+,55+,56-,57+/m1/s1. The van der Waals surface area contributed by atoms with E-state index in [2.05, 4.69) is 5.32 Å². The van der Waals surface area contributed by atoms with Gasteiger partial charge >= 0.3 is 11.9 Å². The smallest absolute Gasteiger partial charge is 0.321 e. The Hall–Kier alpha value is -2.42. The molecule has 0 aromatic heterocycles. The third-order valence-corrected chi connectivity index (χ3v) is 20.5. The molecule has 21 rings (SSSR count). The topological polar surface area (TPSA) is 644 Å². The van der Waals surface area contributed by atoms with Crippen molar-refractivity contribution >= 4 is 47.0 Å². The second kappa shape index (κ2) is 37.9. The van der Waals surface area contributed by atoms with Crippen LogP contribution in [0.4, 0.5) is 0 Å². The zero-order chi connectivity index (χ0) is 73.3. The van der Waals surface area contributed by atoms with Crippen molar-refractivity contribution in [1.29, 1.82) is 0 Å². The first-order valence-electron chi connectivity index (χ1n) is 32.1. The van der Waals surface area contributed by atoms with Gasteiger partial charge in [0.05, 0.1) is 64.4 Å². The maximum atomic E-state index is 12.9. The number of carboxylic acids is 2. The number of rotatable bonds is 24. The van der Waals surface area contributed by atoms with Gasteiger partial charge in [0.15, 0.2) is 44.0 Å². The molecule has 0 aromatic carbocycles. The Morgan fingerprint density at radius 3 is 0.850 bits per heavy atom. The first kappa shape index (κ1) is 83.2. The quantitative estimate of drug-likeness (QED) is 0.0399. The lowest BCUT2D eigenvalue weighted by Gasteiger charge is -2.50. The van der Waals surface area contributed by atoms with E-state index in [9.17, 15) is 126 Å². The van der Waals surface area contributed by atoms with Crippen molar-refractivity contribution in [2.75, 3.05) is 76.3 Å². The van der Waals surface area contributed by atoms with E-state index in [1.165, 1.54) is 14.0 Å². The fourth-order valence-corrected chi connectivity index (χ4v) is 14.8. The van der Waals surface area contributed by atoms with Crippen LogP contribution in [0.2, 0.25) is 0 Å². The van der Waals surface area contributed by atoms with Crippen molar-refractivity contribution in [2.24, 2.45) is 5.92 Å². The summed E-state index contributed by atoms with van der Waals surface area (Å²) in [6.07, 6.45) is -73.1. The molecule has 0 aromatic rings. The molecule has 21 saturated heterocycles. The van der Waals surface area contributed by atoms with Crippen LogP contribution in [-0.2, 0) is 90.2 Å². The number of aliphatic carboxylic acids is 2. The maximum Gasteiger partial charge on any atom is 0.321 e. The number of carboxylic acid groups (broad SMARTS) is 2. The summed E-state index contributed by atoms with van der Waals surface area (Å²) in [5, 5.41) is 239. The molecule has 14 bridgehead atoms. The lowest BCUT2D eigenvalue weighted by molar-refractivity contribution is -0.395. The summed E-state index contributed by atoms with van der Waals surface area (Å²) in [5.74, 6) is -6.17. The molecule has 21 aliphatic heterocycles. The molecule has 0 amide bonds. The van der Waals surface area contributed by atoms with Crippen LogP contribution >= 0.6 is 23.5 Å². The number of aliphatic hydroxyl groups is 19. The minimum absolute atomic E-state index is 0.0203. The van der Waals surface area contributed by atoms with E-state index in [1.807, 2.05) is 0 Å². The van der Waals surface area contributed by atoms with Crippen molar-refractivity contribution in [3.63, 3.8) is 0 Å². The van der Waals surface area contributed by atoms with Gasteiger partial charge in [0.2, 0.25) is 0 Å². The number of nitrogens with one attached hydrogen (secondary N) is 1. The monoisotopic (exact) mass is 1500 g/mol. The molecule has 14 unspecified atom stereocenters. The number of Topliss-reactive ketones (excluding diaryl/α,β-unsaturated/α-hetero) is 2. The summed E-state index contributed by atoms with van der Waals surface area (Å²) in [5.41, 5.74) is 0. The molecule has 0 radical (unpaired) electrons. The Morgan fingerprint density at radius 2 is 0.610 bits per heavy atom. The predicted octanol–water partition coefficient (Wildman–Crippen LogP) is -13.0. The van der Waals surface area contributed by atoms with Gasteiger partial charge in [0.1, 0.15) is 176 Å². The zero-order valence-electron chi connectivity index (χ0n) is 53.7. The number of hydrogen-bond donors (Lipinski definition) is 22. The maximum absolute atomic E-state index is 12.9. The van der Waals surface area contributed by atoms with Gasteiger partial charge in [-0.25, -0.2) is 0 Å². The number of carbonyl (C=O) groups excluding carboxylic acids is 2. The average Bonchev–Trinajstić information content (AvgIpc) is 0.798. The van der Waals surface area contributed by atoms with Crippen molar-refractivity contribution in [1.82, 2.24) is 5.32 Å². The van der Waals surface area contributed by atoms with Crippen LogP contribution in [0.3, 0.4) is 0 Å². The van der Waals surface area contributed by atoms with E-state index in [0.717, 1.165) is 23.5 Å². The van der Waals surface area contributed by atoms with Gasteiger partial charge in [-0.1, -0.05) is 0 Å². The summed E-state index contributed by atoms with van der Waals surface area (Å²) >= 11 is 1.66. The van der Waals surface area contributed by atoms with Crippen molar-refractivity contribution in [2.45, 2.75) is 247 Å². The van der Waals surface area contributed by atoms with E-state index >= 15 is 0 Å². The van der Waals surface area contributed by atoms with Crippen LogP contribution in [0.25, 0.3) is 0 Å². The van der Waals surface area contributed by atoms with Gasteiger partial charge in [-0.3, -0.25) is 19.2 Å². The normalized spacial score (nSPS) is 45.9. The predicted molar refractivity (Wildman–Crippen MR) is 321 cm³/mol. The van der Waals surface area contributed by atoms with E-state index in [4.69, 9.17) is 71.1 Å². The number of carbonyl (C=O) groups is 4. The molecule has 21 heterocycles. The second-order valence-electron chi connectivity index (χ2n) is 25.1. The third kappa shape index (κ3) is 19.5. The first-order valence-corrected chi connectivity index (χ1v) is 34.4. The fourth-order valence-electron chi connectivity index (χ4n) is 12.4. The molecule has 100 heavy (non-hydrogen) atoms. The van der Waals surface area contributed by atoms with E-state index in [0.29, 0.717) is 0 Å². The Kier molecular flexibility index (Phi) is 31.5. The van der Waals surface area contributed by atoms with E-state index < -0.39 is 290 Å². The number of ketones is 2. The summed E-state index contributed by atoms with van der Waals surface area (Å²) in [6, 6.07) is -1.18. The number of thioether (sulfide) groups is 2. The second-order valence-corrected chi connectivity index (χ2v) is 27.3. The Labute approximate surface area is 577 Å². The van der Waals surface area contributed by atoms with Crippen LogP contribution in [0, 0.1) is 5.92 Å². The molecule has 22 N–H and O–H groups in total. The molecular formula is C57H93NO40S2.